The summed E-state index contributed by atoms with van der Waals surface area (Å²) in [5.41, 5.74) is -0.736. The molecular weight excluding hydrogens is 437 g/mol. The predicted molar refractivity (Wildman–Crippen MR) is 107 cm³/mol. The zero-order chi connectivity index (χ0) is 22.8. The fourth-order valence-corrected chi connectivity index (χ4v) is 4.26. The van der Waals surface area contributed by atoms with Crippen LogP contribution in [0.3, 0.4) is 0 Å². The quantitative estimate of drug-likeness (QED) is 0.714. The van der Waals surface area contributed by atoms with Crippen molar-refractivity contribution < 1.29 is 31.1 Å². The molecule has 0 saturated carbocycles. The molecule has 1 aliphatic heterocycles. The van der Waals surface area contributed by atoms with Gasteiger partial charge in [0.05, 0.1) is 30.8 Å². The number of halogens is 3. The third-order valence-electron chi connectivity index (χ3n) is 5.15. The van der Waals surface area contributed by atoms with Crippen LogP contribution in [0.2, 0.25) is 0 Å². The van der Waals surface area contributed by atoms with Crippen LogP contribution >= 0.6 is 0 Å². The van der Waals surface area contributed by atoms with Gasteiger partial charge in [-0.15, -0.1) is 0 Å². The van der Waals surface area contributed by atoms with E-state index in [2.05, 4.69) is 10.4 Å². The topological polar surface area (TPSA) is 93.5 Å². The highest BCUT2D eigenvalue weighted by Gasteiger charge is 2.31. The van der Waals surface area contributed by atoms with Crippen LogP contribution in [0.5, 0.6) is 5.75 Å². The molecule has 1 N–H and O–H groups in total. The lowest BCUT2D eigenvalue weighted by Gasteiger charge is -2.30. The molecule has 12 heteroatoms. The number of alkyl halides is 3. The van der Waals surface area contributed by atoms with Crippen LogP contribution in [0.1, 0.15) is 28.9 Å². The molecule has 0 spiro atoms. The van der Waals surface area contributed by atoms with Gasteiger partial charge in [0.25, 0.3) is 5.91 Å². The van der Waals surface area contributed by atoms with E-state index in [4.69, 9.17) is 4.74 Å². The summed E-state index contributed by atoms with van der Waals surface area (Å²) in [7, 11) is -1.88. The smallest absolute Gasteiger partial charge is 0.416 e. The third kappa shape index (κ3) is 5.56. The third-order valence-corrected chi connectivity index (χ3v) is 6.45. The number of nitrogens with one attached hydrogen (secondary N) is 1. The number of amides is 1. The standard InChI is InChI=1S/C19H23F3N4O4S/c1-30-16-12-26(15-5-3-4-14(10-15)19(20,21)22)24-17(16)18(27)23-11-13-6-8-25(9-7-13)31(2,28)29/h3-5,10,12-13H,6-9,11H2,1-2H3,(H,23,27). The first kappa shape index (κ1) is 23.1. The molecule has 0 aliphatic carbocycles. The number of hydrogen-bond acceptors (Lipinski definition) is 5. The molecule has 1 amide bonds. The van der Waals surface area contributed by atoms with Crippen molar-refractivity contribution in [1.82, 2.24) is 19.4 Å². The molecule has 2 aromatic rings. The normalized spacial score (nSPS) is 16.3. The van der Waals surface area contributed by atoms with Crippen LogP contribution in [-0.2, 0) is 16.2 Å². The van der Waals surface area contributed by atoms with Crippen molar-refractivity contribution >= 4 is 15.9 Å². The second-order valence-corrected chi connectivity index (χ2v) is 9.34. The molecule has 2 heterocycles. The van der Waals surface area contributed by atoms with Crippen molar-refractivity contribution in [2.45, 2.75) is 19.0 Å². The van der Waals surface area contributed by atoms with Gasteiger partial charge in [0.2, 0.25) is 10.0 Å². The second kappa shape index (κ2) is 8.87. The summed E-state index contributed by atoms with van der Waals surface area (Å²) in [6.45, 7) is 1.12. The Bertz CT molecular complexity index is 1040. The van der Waals surface area contributed by atoms with E-state index in [0.717, 1.165) is 16.8 Å². The van der Waals surface area contributed by atoms with Crippen LogP contribution in [0.25, 0.3) is 5.69 Å². The number of hydrogen-bond donors (Lipinski definition) is 1. The zero-order valence-corrected chi connectivity index (χ0v) is 17.8. The summed E-state index contributed by atoms with van der Waals surface area (Å²) in [5.74, 6) is -0.284. The molecule has 170 valence electrons. The summed E-state index contributed by atoms with van der Waals surface area (Å²) >= 11 is 0. The van der Waals surface area contributed by atoms with Crippen LogP contribution in [0.4, 0.5) is 13.2 Å². The maximum absolute atomic E-state index is 13.0. The molecule has 0 bridgehead atoms. The fraction of sp³-hybridized carbons (Fsp3) is 0.474. The first-order valence-electron chi connectivity index (χ1n) is 9.53. The largest absolute Gasteiger partial charge is 0.493 e. The van der Waals surface area contributed by atoms with E-state index in [1.807, 2.05) is 0 Å². The minimum atomic E-state index is -4.50. The monoisotopic (exact) mass is 460 g/mol. The van der Waals surface area contributed by atoms with E-state index in [0.29, 0.717) is 32.5 Å². The molecule has 1 fully saturated rings. The van der Waals surface area contributed by atoms with E-state index in [1.54, 1.807) is 0 Å². The van der Waals surface area contributed by atoms with Gasteiger partial charge in [0.1, 0.15) is 0 Å². The lowest BCUT2D eigenvalue weighted by Crippen LogP contribution is -2.41. The lowest BCUT2D eigenvalue weighted by atomic mass is 9.98. The zero-order valence-electron chi connectivity index (χ0n) is 17.0. The van der Waals surface area contributed by atoms with Crippen molar-refractivity contribution in [3.05, 3.63) is 41.7 Å². The first-order valence-corrected chi connectivity index (χ1v) is 11.4. The molecule has 8 nitrogen and oxygen atoms in total. The molecular formula is C19H23F3N4O4S. The van der Waals surface area contributed by atoms with E-state index in [-0.39, 0.29) is 23.0 Å². The highest BCUT2D eigenvalue weighted by molar-refractivity contribution is 7.88. The summed E-state index contributed by atoms with van der Waals surface area (Å²) in [5, 5.41) is 6.86. The molecule has 0 radical (unpaired) electrons. The second-order valence-electron chi connectivity index (χ2n) is 7.35. The van der Waals surface area contributed by atoms with Gasteiger partial charge in [-0.05, 0) is 37.0 Å². The molecule has 1 aromatic heterocycles. The van der Waals surface area contributed by atoms with Crippen LogP contribution in [0, 0.1) is 5.92 Å². The van der Waals surface area contributed by atoms with Gasteiger partial charge >= 0.3 is 6.18 Å². The number of nitrogens with zero attached hydrogens (tertiary/aromatic N) is 3. The fourth-order valence-electron chi connectivity index (χ4n) is 3.39. The number of rotatable bonds is 6. The Hall–Kier alpha value is -2.60. The number of sulfonamides is 1. The molecule has 0 unspecified atom stereocenters. The highest BCUT2D eigenvalue weighted by atomic mass is 32.2. The Morgan fingerprint density at radius 3 is 2.55 bits per heavy atom. The van der Waals surface area contributed by atoms with Gasteiger partial charge in [-0.25, -0.2) is 17.4 Å². The SMILES string of the molecule is COc1cn(-c2cccc(C(F)(F)F)c2)nc1C(=O)NCC1CCN(S(C)(=O)=O)CC1. The Kier molecular flexibility index (Phi) is 6.60. The Morgan fingerprint density at radius 2 is 1.97 bits per heavy atom. The summed E-state index contributed by atoms with van der Waals surface area (Å²) < 4.78 is 69.8. The number of piperidine rings is 1. The van der Waals surface area contributed by atoms with E-state index >= 15 is 0 Å². The van der Waals surface area contributed by atoms with E-state index in [9.17, 15) is 26.4 Å². The molecule has 0 atom stereocenters. The van der Waals surface area contributed by atoms with Crippen molar-refractivity contribution in [2.24, 2.45) is 5.92 Å². The average Bonchev–Trinajstić information content (AvgIpc) is 3.16. The molecule has 31 heavy (non-hydrogen) atoms. The number of carbonyl (C=O) groups excluding carboxylic acids is 1. The molecule has 3 rings (SSSR count). The first-order chi connectivity index (χ1) is 14.5. The lowest BCUT2D eigenvalue weighted by molar-refractivity contribution is -0.137. The van der Waals surface area contributed by atoms with Crippen molar-refractivity contribution in [3.8, 4) is 11.4 Å². The van der Waals surface area contributed by atoms with Crippen LogP contribution in [-0.4, -0.2) is 61.4 Å². The number of aromatic nitrogens is 2. The molecule has 1 aromatic carbocycles. The van der Waals surface area contributed by atoms with Gasteiger partial charge in [0, 0.05) is 19.6 Å². The van der Waals surface area contributed by atoms with Crippen LogP contribution < -0.4 is 10.1 Å². The maximum atomic E-state index is 13.0. The van der Waals surface area contributed by atoms with Gasteiger partial charge < -0.3 is 10.1 Å². The van der Waals surface area contributed by atoms with Crippen LogP contribution in [0.15, 0.2) is 30.5 Å². The van der Waals surface area contributed by atoms with Gasteiger partial charge in [-0.2, -0.15) is 18.3 Å². The Labute approximate surface area is 178 Å². The summed E-state index contributed by atoms with van der Waals surface area (Å²) in [6.07, 6.45) is -0.760. The minimum Gasteiger partial charge on any atom is -0.493 e. The summed E-state index contributed by atoms with van der Waals surface area (Å²) in [4.78, 5) is 12.6. The Morgan fingerprint density at radius 1 is 1.29 bits per heavy atom. The van der Waals surface area contributed by atoms with E-state index in [1.165, 1.54) is 36.0 Å². The molecule has 1 saturated heterocycles. The van der Waals surface area contributed by atoms with Crippen molar-refractivity contribution in [3.63, 3.8) is 0 Å². The maximum Gasteiger partial charge on any atom is 0.416 e. The van der Waals surface area contributed by atoms with Crippen molar-refractivity contribution in [2.75, 3.05) is 33.0 Å². The van der Waals surface area contributed by atoms with Gasteiger partial charge in [0.15, 0.2) is 11.4 Å². The number of carbonyl (C=O) groups is 1. The van der Waals surface area contributed by atoms with Crippen molar-refractivity contribution in [1.29, 1.82) is 0 Å². The van der Waals surface area contributed by atoms with Gasteiger partial charge in [-0.3, -0.25) is 4.79 Å². The highest BCUT2D eigenvalue weighted by Crippen LogP contribution is 2.30. The Balaban J connectivity index is 1.68. The van der Waals surface area contributed by atoms with E-state index < -0.39 is 27.7 Å². The predicted octanol–water partition coefficient (Wildman–Crippen LogP) is 2.30. The number of methoxy groups -OCH3 is 1. The molecule has 1 aliphatic rings. The minimum absolute atomic E-state index is 0.0477. The van der Waals surface area contributed by atoms with Gasteiger partial charge in [-0.1, -0.05) is 6.07 Å². The number of benzene rings is 1. The number of ether oxygens (including phenoxy) is 1. The average molecular weight is 460 g/mol. The summed E-state index contributed by atoms with van der Waals surface area (Å²) in [6, 6.07) is 4.59.